The molecule has 1 aromatic carbocycles. The van der Waals surface area contributed by atoms with Crippen molar-refractivity contribution in [3.05, 3.63) is 34.9 Å². The van der Waals surface area contributed by atoms with Crippen LogP contribution in [0.3, 0.4) is 0 Å². The summed E-state index contributed by atoms with van der Waals surface area (Å²) in [7, 11) is 1.46. The molecule has 0 radical (unpaired) electrons. The summed E-state index contributed by atoms with van der Waals surface area (Å²) < 4.78 is 0. The third-order valence-corrected chi connectivity index (χ3v) is 4.53. The molecule has 0 saturated carbocycles. The largest absolute Gasteiger partial charge is 0.341 e. The number of hydrogen-bond acceptors (Lipinski definition) is 4. The summed E-state index contributed by atoms with van der Waals surface area (Å²) in [6, 6.07) is 6.86. The van der Waals surface area contributed by atoms with Crippen molar-refractivity contribution in [3.8, 4) is 0 Å². The number of carbonyl (C=O) groups excluding carboxylic acids is 3. The van der Waals surface area contributed by atoms with Gasteiger partial charge in [0, 0.05) is 51.2 Å². The molecule has 1 aromatic rings. The lowest BCUT2D eigenvalue weighted by atomic mass is 10.1. The van der Waals surface area contributed by atoms with E-state index in [1.54, 1.807) is 6.07 Å². The molecule has 25 heavy (non-hydrogen) atoms. The summed E-state index contributed by atoms with van der Waals surface area (Å²) in [5.74, 6) is -0.248. The number of piperazine rings is 1. The van der Waals surface area contributed by atoms with Gasteiger partial charge in [0.25, 0.3) is 0 Å². The van der Waals surface area contributed by atoms with Gasteiger partial charge in [-0.2, -0.15) is 0 Å². The highest BCUT2D eigenvalue weighted by Crippen LogP contribution is 2.16. The van der Waals surface area contributed by atoms with E-state index in [0.717, 1.165) is 5.56 Å². The molecule has 8 heteroatoms. The fourth-order valence-electron chi connectivity index (χ4n) is 2.65. The Morgan fingerprint density at radius 3 is 2.44 bits per heavy atom. The van der Waals surface area contributed by atoms with E-state index in [4.69, 9.17) is 11.6 Å². The van der Waals surface area contributed by atoms with E-state index in [1.165, 1.54) is 7.05 Å². The van der Waals surface area contributed by atoms with Crippen LogP contribution in [0.15, 0.2) is 24.3 Å². The number of nitrogens with one attached hydrogen (secondary N) is 2. The summed E-state index contributed by atoms with van der Waals surface area (Å²) in [5, 5.41) is 5.18. The number of benzene rings is 1. The molecule has 4 amide bonds. The van der Waals surface area contributed by atoms with E-state index in [-0.39, 0.29) is 18.2 Å². The standard InChI is InChI=1S/C17H23ClN4O3/c1-19-17(25)20-15(23)6-7-21-8-10-22(11-9-21)16(24)12-13-4-2-3-5-14(13)18/h2-5H,6-12H2,1H3,(H2,19,20,23,25). The number of carbonyl (C=O) groups is 3. The highest BCUT2D eigenvalue weighted by molar-refractivity contribution is 6.31. The van der Waals surface area contributed by atoms with Crippen molar-refractivity contribution in [1.82, 2.24) is 20.4 Å². The molecular formula is C17H23ClN4O3. The molecule has 2 rings (SSSR count). The topological polar surface area (TPSA) is 81.8 Å². The molecule has 0 atom stereocenters. The fourth-order valence-corrected chi connectivity index (χ4v) is 2.85. The number of hydrogen-bond donors (Lipinski definition) is 2. The first-order valence-electron chi connectivity index (χ1n) is 8.24. The highest BCUT2D eigenvalue weighted by atomic mass is 35.5. The molecule has 0 unspecified atom stereocenters. The molecule has 1 aliphatic rings. The molecule has 1 heterocycles. The van der Waals surface area contributed by atoms with Crippen molar-refractivity contribution >= 4 is 29.4 Å². The monoisotopic (exact) mass is 366 g/mol. The molecule has 0 aliphatic carbocycles. The minimum atomic E-state index is -0.500. The SMILES string of the molecule is CNC(=O)NC(=O)CCN1CCN(C(=O)Cc2ccccc2Cl)CC1. The van der Waals surface area contributed by atoms with Gasteiger partial charge in [0.1, 0.15) is 0 Å². The Labute approximate surface area is 152 Å². The first-order chi connectivity index (χ1) is 12.0. The van der Waals surface area contributed by atoms with Gasteiger partial charge in [0.05, 0.1) is 6.42 Å². The van der Waals surface area contributed by atoms with Gasteiger partial charge in [-0.3, -0.25) is 19.8 Å². The van der Waals surface area contributed by atoms with E-state index in [9.17, 15) is 14.4 Å². The smallest absolute Gasteiger partial charge is 0.321 e. The van der Waals surface area contributed by atoms with E-state index in [2.05, 4.69) is 15.5 Å². The third kappa shape index (κ3) is 6.03. The second-order valence-electron chi connectivity index (χ2n) is 5.87. The lowest BCUT2D eigenvalue weighted by molar-refractivity contribution is -0.132. The lowest BCUT2D eigenvalue weighted by Gasteiger charge is -2.34. The Kier molecular flexibility index (Phi) is 7.21. The molecule has 1 aliphatic heterocycles. The van der Waals surface area contributed by atoms with Gasteiger partial charge in [-0.05, 0) is 11.6 Å². The van der Waals surface area contributed by atoms with Gasteiger partial charge in [-0.1, -0.05) is 29.8 Å². The van der Waals surface area contributed by atoms with Crippen LogP contribution in [0.5, 0.6) is 0 Å². The van der Waals surface area contributed by atoms with Crippen molar-refractivity contribution in [1.29, 1.82) is 0 Å². The predicted molar refractivity (Wildman–Crippen MR) is 95.4 cm³/mol. The van der Waals surface area contributed by atoms with Gasteiger partial charge >= 0.3 is 6.03 Å². The van der Waals surface area contributed by atoms with Crippen molar-refractivity contribution in [2.45, 2.75) is 12.8 Å². The number of imide groups is 1. The quantitative estimate of drug-likeness (QED) is 0.810. The van der Waals surface area contributed by atoms with Gasteiger partial charge in [0.15, 0.2) is 0 Å². The molecule has 1 fully saturated rings. The zero-order chi connectivity index (χ0) is 18.2. The molecule has 1 saturated heterocycles. The predicted octanol–water partition coefficient (Wildman–Crippen LogP) is 0.872. The minimum Gasteiger partial charge on any atom is -0.341 e. The van der Waals surface area contributed by atoms with E-state index in [1.807, 2.05) is 23.1 Å². The van der Waals surface area contributed by atoms with Crippen LogP contribution in [0.1, 0.15) is 12.0 Å². The summed E-state index contributed by atoms with van der Waals surface area (Å²) in [6.07, 6.45) is 0.551. The maximum absolute atomic E-state index is 12.4. The van der Waals surface area contributed by atoms with Crippen LogP contribution in [0.2, 0.25) is 5.02 Å². The summed E-state index contributed by atoms with van der Waals surface area (Å²) >= 11 is 6.10. The number of rotatable bonds is 5. The Bertz CT molecular complexity index is 630. The minimum absolute atomic E-state index is 0.0603. The number of urea groups is 1. The van der Waals surface area contributed by atoms with Crippen molar-refractivity contribution in [2.75, 3.05) is 39.8 Å². The van der Waals surface area contributed by atoms with E-state index >= 15 is 0 Å². The van der Waals surface area contributed by atoms with Crippen molar-refractivity contribution < 1.29 is 14.4 Å². The molecule has 0 spiro atoms. The third-order valence-electron chi connectivity index (χ3n) is 4.16. The highest BCUT2D eigenvalue weighted by Gasteiger charge is 2.22. The molecular weight excluding hydrogens is 344 g/mol. The number of amides is 4. The summed E-state index contributed by atoms with van der Waals surface area (Å²) in [6.45, 7) is 3.24. The Morgan fingerprint density at radius 2 is 1.80 bits per heavy atom. The maximum Gasteiger partial charge on any atom is 0.321 e. The Hall–Kier alpha value is -2.12. The first-order valence-corrected chi connectivity index (χ1v) is 8.62. The number of halogens is 1. The lowest BCUT2D eigenvalue weighted by Crippen LogP contribution is -2.50. The summed E-state index contributed by atoms with van der Waals surface area (Å²) in [5.41, 5.74) is 0.836. The molecule has 2 N–H and O–H groups in total. The van der Waals surface area contributed by atoms with Crippen LogP contribution in [0, 0.1) is 0 Å². The Morgan fingerprint density at radius 1 is 1.12 bits per heavy atom. The van der Waals surface area contributed by atoms with E-state index < -0.39 is 6.03 Å². The van der Waals surface area contributed by atoms with Gasteiger partial charge in [0.2, 0.25) is 11.8 Å². The summed E-state index contributed by atoms with van der Waals surface area (Å²) in [4.78, 5) is 39.0. The van der Waals surface area contributed by atoms with Crippen LogP contribution in [0.25, 0.3) is 0 Å². The van der Waals surface area contributed by atoms with Crippen LogP contribution >= 0.6 is 11.6 Å². The zero-order valence-corrected chi connectivity index (χ0v) is 15.0. The van der Waals surface area contributed by atoms with Crippen molar-refractivity contribution in [2.24, 2.45) is 0 Å². The van der Waals surface area contributed by atoms with Crippen molar-refractivity contribution in [3.63, 3.8) is 0 Å². The maximum atomic E-state index is 12.4. The Balaban J connectivity index is 1.72. The molecule has 0 aromatic heterocycles. The van der Waals surface area contributed by atoms with Gasteiger partial charge in [-0.25, -0.2) is 4.79 Å². The average Bonchev–Trinajstić information content (AvgIpc) is 2.62. The van der Waals surface area contributed by atoms with Crippen LogP contribution in [-0.4, -0.2) is 67.4 Å². The van der Waals surface area contributed by atoms with Crippen LogP contribution in [-0.2, 0) is 16.0 Å². The average molecular weight is 367 g/mol. The van der Waals surface area contributed by atoms with Gasteiger partial charge < -0.3 is 10.2 Å². The molecule has 136 valence electrons. The second kappa shape index (κ2) is 9.39. The van der Waals surface area contributed by atoms with E-state index in [0.29, 0.717) is 44.2 Å². The van der Waals surface area contributed by atoms with Crippen LogP contribution < -0.4 is 10.6 Å². The van der Waals surface area contributed by atoms with Gasteiger partial charge in [-0.15, -0.1) is 0 Å². The second-order valence-corrected chi connectivity index (χ2v) is 6.28. The zero-order valence-electron chi connectivity index (χ0n) is 14.3. The normalized spacial score (nSPS) is 14.9. The molecule has 0 bridgehead atoms. The number of nitrogens with zero attached hydrogens (tertiary/aromatic N) is 2. The fraction of sp³-hybridized carbons (Fsp3) is 0.471. The molecule has 7 nitrogen and oxygen atoms in total. The van der Waals surface area contributed by atoms with Crippen LogP contribution in [0.4, 0.5) is 4.79 Å². The first kappa shape index (κ1) is 19.2.